The van der Waals surface area contributed by atoms with E-state index in [2.05, 4.69) is 17.7 Å². The summed E-state index contributed by atoms with van der Waals surface area (Å²) in [6.07, 6.45) is 1.78. The van der Waals surface area contributed by atoms with Gasteiger partial charge in [-0.3, -0.25) is 0 Å². The minimum absolute atomic E-state index is 0.482. The first-order valence-electron chi connectivity index (χ1n) is 3.97. The lowest BCUT2D eigenvalue weighted by molar-refractivity contribution is 0.884. The molecule has 1 aromatic carbocycles. The Balaban J connectivity index is 2.47. The number of anilines is 1. The molecule has 1 heterocycles. The van der Waals surface area contributed by atoms with Gasteiger partial charge in [0.2, 0.25) is 0 Å². The molecule has 0 amide bonds. The fourth-order valence-corrected chi connectivity index (χ4v) is 1.43. The number of hydrogen-bond donors (Lipinski definition) is 2. The van der Waals surface area contributed by atoms with Gasteiger partial charge in [0, 0.05) is 17.2 Å². The third-order valence-corrected chi connectivity index (χ3v) is 2.64. The van der Waals surface area contributed by atoms with E-state index < -0.39 is 0 Å². The summed E-state index contributed by atoms with van der Waals surface area (Å²) in [6, 6.07) is 7.21. The first kappa shape index (κ1) is 9.43. The summed E-state index contributed by atoms with van der Waals surface area (Å²) >= 11 is 10.1. The zero-order valence-electron chi connectivity index (χ0n) is 7.18. The van der Waals surface area contributed by atoms with Crippen molar-refractivity contribution in [2.45, 2.75) is 4.90 Å². The number of thiol groups is 1. The SMILES string of the molecule is Nc1ccn(-c2ccc(S)c(Cl)c2)n1. The maximum Gasteiger partial charge on any atom is 0.145 e. The van der Waals surface area contributed by atoms with Gasteiger partial charge in [0.05, 0.1) is 10.7 Å². The Hall–Kier alpha value is -1.13. The average molecular weight is 226 g/mol. The second kappa shape index (κ2) is 3.55. The summed E-state index contributed by atoms with van der Waals surface area (Å²) in [6.45, 7) is 0. The fraction of sp³-hybridized carbons (Fsp3) is 0. The van der Waals surface area contributed by atoms with Crippen molar-refractivity contribution in [3.63, 3.8) is 0 Å². The molecule has 2 N–H and O–H groups in total. The largest absolute Gasteiger partial charge is 0.382 e. The van der Waals surface area contributed by atoms with Gasteiger partial charge in [-0.25, -0.2) is 4.68 Å². The Labute approximate surface area is 91.9 Å². The van der Waals surface area contributed by atoms with E-state index in [0.29, 0.717) is 10.8 Å². The van der Waals surface area contributed by atoms with Crippen LogP contribution in [0.1, 0.15) is 0 Å². The van der Waals surface area contributed by atoms with Crippen molar-refractivity contribution in [2.24, 2.45) is 0 Å². The number of aromatic nitrogens is 2. The molecule has 0 unspecified atom stereocenters. The summed E-state index contributed by atoms with van der Waals surface area (Å²) in [5, 5.41) is 4.66. The van der Waals surface area contributed by atoms with Gasteiger partial charge in [-0.15, -0.1) is 12.6 Å². The van der Waals surface area contributed by atoms with Gasteiger partial charge in [0.1, 0.15) is 5.82 Å². The number of nitrogen functional groups attached to an aromatic ring is 1. The Bertz CT molecular complexity index is 467. The third-order valence-electron chi connectivity index (χ3n) is 1.81. The molecule has 0 aliphatic rings. The van der Waals surface area contributed by atoms with Crippen molar-refractivity contribution in [1.29, 1.82) is 0 Å². The zero-order chi connectivity index (χ0) is 10.1. The van der Waals surface area contributed by atoms with E-state index in [0.717, 1.165) is 10.6 Å². The van der Waals surface area contributed by atoms with Crippen LogP contribution in [0.3, 0.4) is 0 Å². The molecule has 0 fully saturated rings. The van der Waals surface area contributed by atoms with Crippen LogP contribution < -0.4 is 5.73 Å². The molecule has 0 saturated carbocycles. The molecule has 0 saturated heterocycles. The molecule has 3 nitrogen and oxygen atoms in total. The molecule has 2 aromatic rings. The molecule has 1 aromatic heterocycles. The number of nitrogens with zero attached hydrogens (tertiary/aromatic N) is 2. The number of hydrogen-bond acceptors (Lipinski definition) is 3. The van der Waals surface area contributed by atoms with Crippen LogP contribution in [-0.2, 0) is 0 Å². The van der Waals surface area contributed by atoms with Crippen molar-refractivity contribution in [1.82, 2.24) is 9.78 Å². The van der Waals surface area contributed by atoms with Gasteiger partial charge in [0.25, 0.3) is 0 Å². The second-order valence-corrected chi connectivity index (χ2v) is 3.71. The summed E-state index contributed by atoms with van der Waals surface area (Å²) < 4.78 is 1.66. The summed E-state index contributed by atoms with van der Waals surface area (Å²) in [4.78, 5) is 0.746. The third kappa shape index (κ3) is 1.71. The van der Waals surface area contributed by atoms with E-state index in [4.69, 9.17) is 17.3 Å². The molecule has 72 valence electrons. The average Bonchev–Trinajstić information content (AvgIpc) is 2.57. The van der Waals surface area contributed by atoms with E-state index in [-0.39, 0.29) is 0 Å². The predicted molar refractivity (Wildman–Crippen MR) is 60.2 cm³/mol. The van der Waals surface area contributed by atoms with Gasteiger partial charge in [0.15, 0.2) is 0 Å². The fourth-order valence-electron chi connectivity index (χ4n) is 1.12. The van der Waals surface area contributed by atoms with Crippen molar-refractivity contribution in [2.75, 3.05) is 5.73 Å². The lowest BCUT2D eigenvalue weighted by Gasteiger charge is -2.02. The summed E-state index contributed by atoms with van der Waals surface area (Å²) in [5.74, 6) is 0.482. The zero-order valence-corrected chi connectivity index (χ0v) is 8.83. The highest BCUT2D eigenvalue weighted by molar-refractivity contribution is 7.80. The van der Waals surface area contributed by atoms with Crippen molar-refractivity contribution < 1.29 is 0 Å². The van der Waals surface area contributed by atoms with E-state index in [1.807, 2.05) is 12.1 Å². The van der Waals surface area contributed by atoms with Crippen LogP contribution in [-0.4, -0.2) is 9.78 Å². The standard InChI is InChI=1S/C9H8ClN3S/c10-7-5-6(1-2-8(7)14)13-4-3-9(11)12-13/h1-5,14H,(H2,11,12). The molecular weight excluding hydrogens is 218 g/mol. The highest BCUT2D eigenvalue weighted by atomic mass is 35.5. The first-order valence-corrected chi connectivity index (χ1v) is 4.79. The molecule has 0 radical (unpaired) electrons. The van der Waals surface area contributed by atoms with Gasteiger partial charge in [-0.05, 0) is 18.2 Å². The smallest absolute Gasteiger partial charge is 0.145 e. The minimum Gasteiger partial charge on any atom is -0.382 e. The Kier molecular flexibility index (Phi) is 2.39. The quantitative estimate of drug-likeness (QED) is 0.732. The molecule has 5 heteroatoms. The second-order valence-electron chi connectivity index (χ2n) is 2.82. The highest BCUT2D eigenvalue weighted by Crippen LogP contribution is 2.22. The van der Waals surface area contributed by atoms with Gasteiger partial charge in [-0.1, -0.05) is 11.6 Å². The number of benzene rings is 1. The lowest BCUT2D eigenvalue weighted by atomic mass is 10.3. The van der Waals surface area contributed by atoms with Crippen LogP contribution in [0.5, 0.6) is 0 Å². The summed E-state index contributed by atoms with van der Waals surface area (Å²) in [5.41, 5.74) is 6.37. The van der Waals surface area contributed by atoms with Gasteiger partial charge < -0.3 is 5.73 Å². The van der Waals surface area contributed by atoms with Crippen LogP contribution in [0.25, 0.3) is 5.69 Å². The molecule has 0 atom stereocenters. The van der Waals surface area contributed by atoms with Crippen LogP contribution in [0, 0.1) is 0 Å². The van der Waals surface area contributed by atoms with Crippen molar-refractivity contribution in [3.05, 3.63) is 35.5 Å². The van der Waals surface area contributed by atoms with E-state index in [1.165, 1.54) is 0 Å². The van der Waals surface area contributed by atoms with Crippen LogP contribution in [0.4, 0.5) is 5.82 Å². The number of rotatable bonds is 1. The van der Waals surface area contributed by atoms with Crippen molar-refractivity contribution >= 4 is 30.0 Å². The minimum atomic E-state index is 0.482. The van der Waals surface area contributed by atoms with E-state index in [1.54, 1.807) is 23.0 Å². The molecule has 2 rings (SSSR count). The lowest BCUT2D eigenvalue weighted by Crippen LogP contribution is -1.96. The van der Waals surface area contributed by atoms with Gasteiger partial charge in [-0.2, -0.15) is 5.10 Å². The van der Waals surface area contributed by atoms with Gasteiger partial charge >= 0.3 is 0 Å². The molecular formula is C9H8ClN3S. The molecule has 0 aliphatic carbocycles. The topological polar surface area (TPSA) is 43.8 Å². The van der Waals surface area contributed by atoms with E-state index >= 15 is 0 Å². The molecule has 0 aliphatic heterocycles. The Morgan fingerprint density at radius 1 is 1.36 bits per heavy atom. The first-order chi connectivity index (χ1) is 6.66. The van der Waals surface area contributed by atoms with Crippen molar-refractivity contribution in [3.8, 4) is 5.69 Å². The number of nitrogens with two attached hydrogens (primary N) is 1. The van der Waals surface area contributed by atoms with E-state index in [9.17, 15) is 0 Å². The highest BCUT2D eigenvalue weighted by Gasteiger charge is 2.01. The Morgan fingerprint density at radius 2 is 2.14 bits per heavy atom. The normalized spacial score (nSPS) is 10.4. The van der Waals surface area contributed by atoms with Crippen LogP contribution in [0.2, 0.25) is 5.02 Å². The maximum absolute atomic E-state index is 5.92. The van der Waals surface area contributed by atoms with Crippen LogP contribution >= 0.6 is 24.2 Å². The Morgan fingerprint density at radius 3 is 2.71 bits per heavy atom. The molecule has 0 spiro atoms. The predicted octanol–water partition coefficient (Wildman–Crippen LogP) is 2.40. The van der Waals surface area contributed by atoms with Crippen LogP contribution in [0.15, 0.2) is 35.4 Å². The number of halogens is 1. The maximum atomic E-state index is 5.92. The summed E-state index contributed by atoms with van der Waals surface area (Å²) in [7, 11) is 0. The molecule has 0 bridgehead atoms. The monoisotopic (exact) mass is 225 g/mol. The molecule has 14 heavy (non-hydrogen) atoms.